The predicted octanol–water partition coefficient (Wildman–Crippen LogP) is 4.39. The fraction of sp³-hybridized carbons (Fsp3) is 0.381. The Bertz CT molecular complexity index is 845. The lowest BCUT2D eigenvalue weighted by Gasteiger charge is -2.14. The average Bonchev–Trinajstić information content (AvgIpc) is 2.81. The number of pyridine rings is 1. The first-order chi connectivity index (χ1) is 11.7. The summed E-state index contributed by atoms with van der Waals surface area (Å²) in [6.07, 6.45) is 5.48. The number of rotatable bonds is 3. The molecule has 1 aliphatic heterocycles. The maximum atomic E-state index is 4.43. The van der Waals surface area contributed by atoms with Crippen LogP contribution in [-0.4, -0.2) is 16.5 Å². The summed E-state index contributed by atoms with van der Waals surface area (Å²) in [7, 11) is 0. The Morgan fingerprint density at radius 2 is 2.08 bits per heavy atom. The van der Waals surface area contributed by atoms with Gasteiger partial charge in [-0.05, 0) is 69.0 Å². The molecule has 24 heavy (non-hydrogen) atoms. The van der Waals surface area contributed by atoms with E-state index in [1.54, 1.807) is 0 Å². The Morgan fingerprint density at radius 3 is 2.92 bits per heavy atom. The molecule has 0 fully saturated rings. The second-order valence-corrected chi connectivity index (χ2v) is 7.08. The Hall–Kier alpha value is -2.13. The van der Waals surface area contributed by atoms with E-state index in [1.165, 1.54) is 46.1 Å². The van der Waals surface area contributed by atoms with Gasteiger partial charge in [-0.25, -0.2) is 0 Å². The first-order valence-electron chi connectivity index (χ1n) is 8.94. The molecule has 1 atom stereocenters. The van der Waals surface area contributed by atoms with Crippen LogP contribution < -0.4 is 5.32 Å². The van der Waals surface area contributed by atoms with Crippen molar-refractivity contribution in [3.05, 3.63) is 64.6 Å². The van der Waals surface area contributed by atoms with Crippen LogP contribution >= 0.6 is 0 Å². The lowest BCUT2D eigenvalue weighted by Crippen LogP contribution is -2.12. The molecular weight excluding hydrogens is 294 g/mol. The molecule has 0 bridgehead atoms. The summed E-state index contributed by atoms with van der Waals surface area (Å²) in [5.41, 5.74) is 7.95. The van der Waals surface area contributed by atoms with Crippen LogP contribution in [0.5, 0.6) is 0 Å². The van der Waals surface area contributed by atoms with Gasteiger partial charge in [0.2, 0.25) is 0 Å². The molecular formula is C21H25N3. The zero-order valence-corrected chi connectivity index (χ0v) is 14.5. The van der Waals surface area contributed by atoms with E-state index in [-0.39, 0.29) is 0 Å². The minimum atomic E-state index is 0.587. The number of fused-ring (bicyclic) bond motifs is 3. The highest BCUT2D eigenvalue weighted by Gasteiger charge is 2.22. The lowest BCUT2D eigenvalue weighted by molar-refractivity contribution is 0.555. The monoisotopic (exact) mass is 319 g/mol. The zero-order valence-electron chi connectivity index (χ0n) is 14.5. The number of hydrogen-bond acceptors (Lipinski definition) is 2. The summed E-state index contributed by atoms with van der Waals surface area (Å²) in [6, 6.07) is 11.1. The Kier molecular flexibility index (Phi) is 4.11. The van der Waals surface area contributed by atoms with Crippen LogP contribution in [0, 0.1) is 13.8 Å². The van der Waals surface area contributed by atoms with E-state index in [2.05, 4.69) is 52.5 Å². The maximum absolute atomic E-state index is 4.43. The number of nitrogens with one attached hydrogen (secondary N) is 2. The van der Waals surface area contributed by atoms with Crippen LogP contribution in [0.3, 0.4) is 0 Å². The predicted molar refractivity (Wildman–Crippen MR) is 99.4 cm³/mol. The van der Waals surface area contributed by atoms with E-state index >= 15 is 0 Å². The summed E-state index contributed by atoms with van der Waals surface area (Å²) >= 11 is 0. The minimum absolute atomic E-state index is 0.587. The molecule has 0 saturated carbocycles. The fourth-order valence-corrected chi connectivity index (χ4v) is 3.83. The smallest absolute Gasteiger partial charge is 0.0459 e. The second kappa shape index (κ2) is 6.40. The highest BCUT2D eigenvalue weighted by atomic mass is 14.9. The van der Waals surface area contributed by atoms with Crippen molar-refractivity contribution in [2.45, 2.75) is 45.6 Å². The third-order valence-corrected chi connectivity index (χ3v) is 5.23. The number of aromatic amines is 1. The van der Waals surface area contributed by atoms with Gasteiger partial charge in [-0.1, -0.05) is 17.7 Å². The summed E-state index contributed by atoms with van der Waals surface area (Å²) < 4.78 is 0. The number of aryl methyl sites for hydroxylation is 3. The number of benzene rings is 1. The van der Waals surface area contributed by atoms with Crippen LogP contribution in [0.4, 0.5) is 0 Å². The Morgan fingerprint density at radius 1 is 1.17 bits per heavy atom. The molecule has 3 heteroatoms. The van der Waals surface area contributed by atoms with Gasteiger partial charge in [0.1, 0.15) is 0 Å². The quantitative estimate of drug-likeness (QED) is 0.751. The number of aromatic nitrogens is 2. The molecule has 3 aromatic rings. The van der Waals surface area contributed by atoms with Gasteiger partial charge in [0.25, 0.3) is 0 Å². The van der Waals surface area contributed by atoms with Crippen molar-refractivity contribution >= 4 is 10.9 Å². The molecule has 3 nitrogen and oxygen atoms in total. The lowest BCUT2D eigenvalue weighted by atomic mass is 9.92. The van der Waals surface area contributed by atoms with Gasteiger partial charge in [0.15, 0.2) is 0 Å². The molecule has 1 aliphatic rings. The van der Waals surface area contributed by atoms with E-state index in [1.807, 2.05) is 13.1 Å². The minimum Gasteiger partial charge on any atom is -0.358 e. The topological polar surface area (TPSA) is 40.7 Å². The highest BCUT2D eigenvalue weighted by Crippen LogP contribution is 2.34. The molecule has 3 heterocycles. The molecule has 2 aromatic heterocycles. The summed E-state index contributed by atoms with van der Waals surface area (Å²) in [4.78, 5) is 8.15. The molecule has 1 aromatic carbocycles. The van der Waals surface area contributed by atoms with E-state index in [0.29, 0.717) is 5.92 Å². The van der Waals surface area contributed by atoms with E-state index in [0.717, 1.165) is 25.2 Å². The third-order valence-electron chi connectivity index (χ3n) is 5.23. The molecule has 0 radical (unpaired) electrons. The van der Waals surface area contributed by atoms with Crippen LogP contribution in [0.25, 0.3) is 10.9 Å². The van der Waals surface area contributed by atoms with E-state index in [9.17, 15) is 0 Å². The van der Waals surface area contributed by atoms with Crippen molar-refractivity contribution in [3.63, 3.8) is 0 Å². The van der Waals surface area contributed by atoms with E-state index < -0.39 is 0 Å². The van der Waals surface area contributed by atoms with Crippen molar-refractivity contribution in [1.29, 1.82) is 0 Å². The molecule has 0 aliphatic carbocycles. The molecule has 0 saturated heterocycles. The van der Waals surface area contributed by atoms with Crippen molar-refractivity contribution in [2.24, 2.45) is 0 Å². The van der Waals surface area contributed by atoms with Crippen molar-refractivity contribution in [3.8, 4) is 0 Å². The van der Waals surface area contributed by atoms with Crippen LogP contribution in [0.1, 0.15) is 46.8 Å². The van der Waals surface area contributed by atoms with Gasteiger partial charge in [0.05, 0.1) is 0 Å². The van der Waals surface area contributed by atoms with Gasteiger partial charge in [-0.15, -0.1) is 0 Å². The molecule has 124 valence electrons. The normalized spacial score (nSPS) is 17.7. The van der Waals surface area contributed by atoms with Crippen LogP contribution in [-0.2, 0) is 13.0 Å². The maximum Gasteiger partial charge on any atom is 0.0459 e. The van der Waals surface area contributed by atoms with Crippen molar-refractivity contribution in [2.75, 3.05) is 6.54 Å². The number of H-pyrrole nitrogens is 1. The SMILES string of the molecule is Cc1ccc2[nH]c3c(c2c1)CNCCC3CCc1ccc(C)nc1. The van der Waals surface area contributed by atoms with Gasteiger partial charge in [0, 0.05) is 41.0 Å². The van der Waals surface area contributed by atoms with Crippen molar-refractivity contribution in [1.82, 2.24) is 15.3 Å². The number of hydrogen-bond donors (Lipinski definition) is 2. The first kappa shape index (κ1) is 15.4. The third kappa shape index (κ3) is 2.96. The first-order valence-corrected chi connectivity index (χ1v) is 8.94. The summed E-state index contributed by atoms with van der Waals surface area (Å²) in [5, 5.41) is 4.99. The van der Waals surface area contributed by atoms with Crippen molar-refractivity contribution < 1.29 is 0 Å². The van der Waals surface area contributed by atoms with Gasteiger partial charge in [-0.2, -0.15) is 0 Å². The Labute approximate surface area is 143 Å². The van der Waals surface area contributed by atoms with Crippen LogP contribution in [0.2, 0.25) is 0 Å². The Balaban J connectivity index is 1.62. The largest absolute Gasteiger partial charge is 0.358 e. The van der Waals surface area contributed by atoms with Gasteiger partial charge in [-0.3, -0.25) is 4.98 Å². The summed E-state index contributed by atoms with van der Waals surface area (Å²) in [5.74, 6) is 0.587. The fourth-order valence-electron chi connectivity index (χ4n) is 3.83. The average molecular weight is 319 g/mol. The standard InChI is InChI=1S/C21H25N3/c1-14-3-8-20-18(11-14)19-13-22-10-9-17(21(19)24-20)7-6-16-5-4-15(2)23-12-16/h3-5,8,11-12,17,22,24H,6-7,9-10,13H2,1-2H3. The van der Waals surface area contributed by atoms with E-state index in [4.69, 9.17) is 0 Å². The second-order valence-electron chi connectivity index (χ2n) is 7.08. The van der Waals surface area contributed by atoms with Crippen LogP contribution in [0.15, 0.2) is 36.5 Å². The number of nitrogens with zero attached hydrogens (tertiary/aromatic N) is 1. The van der Waals surface area contributed by atoms with Gasteiger partial charge < -0.3 is 10.3 Å². The summed E-state index contributed by atoms with van der Waals surface area (Å²) in [6.45, 7) is 6.28. The molecule has 0 amide bonds. The van der Waals surface area contributed by atoms with Gasteiger partial charge >= 0.3 is 0 Å². The highest BCUT2D eigenvalue weighted by molar-refractivity contribution is 5.85. The molecule has 4 rings (SSSR count). The molecule has 1 unspecified atom stereocenters. The molecule has 2 N–H and O–H groups in total. The molecule has 0 spiro atoms. The zero-order chi connectivity index (χ0) is 16.5.